The molecule has 0 aliphatic carbocycles. The number of piperidine rings is 1. The van der Waals surface area contributed by atoms with Crippen molar-refractivity contribution < 1.29 is 17.6 Å². The first-order valence-electron chi connectivity index (χ1n) is 7.46. The third-order valence-corrected chi connectivity index (χ3v) is 6.39. The zero-order chi connectivity index (χ0) is 14.9. The van der Waals surface area contributed by atoms with Crippen molar-refractivity contribution in [2.24, 2.45) is 0 Å². The van der Waals surface area contributed by atoms with E-state index in [1.54, 1.807) is 28.0 Å². The summed E-state index contributed by atoms with van der Waals surface area (Å²) in [7, 11) is -1.81. The second-order valence-corrected chi connectivity index (χ2v) is 7.53. The highest BCUT2D eigenvalue weighted by molar-refractivity contribution is 7.86. The molecule has 3 rings (SSSR count). The summed E-state index contributed by atoms with van der Waals surface area (Å²) in [6.07, 6.45) is 5.04. The van der Waals surface area contributed by atoms with Crippen molar-refractivity contribution in [3.63, 3.8) is 0 Å². The molecule has 2 atom stereocenters. The molecule has 0 N–H and O–H groups in total. The Morgan fingerprint density at radius 2 is 2.10 bits per heavy atom. The molecule has 21 heavy (non-hydrogen) atoms. The minimum atomic E-state index is -3.45. The third kappa shape index (κ3) is 2.88. The van der Waals surface area contributed by atoms with Crippen LogP contribution in [0, 0.1) is 0 Å². The Bertz CT molecular complexity index is 558. The Kier molecular flexibility index (Phi) is 4.35. The molecule has 2 aliphatic heterocycles. The van der Waals surface area contributed by atoms with Crippen LogP contribution in [-0.2, 0) is 14.9 Å². The fourth-order valence-corrected chi connectivity index (χ4v) is 5.14. The predicted molar refractivity (Wildman–Crippen MR) is 77.9 cm³/mol. The van der Waals surface area contributed by atoms with E-state index in [1.807, 2.05) is 6.07 Å². The number of furan rings is 1. The van der Waals surface area contributed by atoms with E-state index in [-0.39, 0.29) is 12.1 Å². The van der Waals surface area contributed by atoms with Gasteiger partial charge in [-0.1, -0.05) is 0 Å². The highest BCUT2D eigenvalue weighted by atomic mass is 32.2. The number of nitrogens with zero attached hydrogens (tertiary/aromatic N) is 2. The topological polar surface area (TPSA) is 63.0 Å². The van der Waals surface area contributed by atoms with Crippen LogP contribution in [-0.4, -0.2) is 49.9 Å². The van der Waals surface area contributed by atoms with Gasteiger partial charge in [0.1, 0.15) is 5.76 Å². The van der Waals surface area contributed by atoms with Gasteiger partial charge in [0.25, 0.3) is 10.2 Å². The van der Waals surface area contributed by atoms with Gasteiger partial charge in [-0.25, -0.2) is 0 Å². The molecule has 118 valence electrons. The minimum absolute atomic E-state index is 0.00168. The van der Waals surface area contributed by atoms with Crippen LogP contribution in [0.15, 0.2) is 22.8 Å². The van der Waals surface area contributed by atoms with Crippen LogP contribution in [0.3, 0.4) is 0 Å². The van der Waals surface area contributed by atoms with Gasteiger partial charge in [0.2, 0.25) is 0 Å². The highest BCUT2D eigenvalue weighted by Crippen LogP contribution is 2.36. The normalized spacial score (nSPS) is 29.0. The Morgan fingerprint density at radius 3 is 2.81 bits per heavy atom. The zero-order valence-corrected chi connectivity index (χ0v) is 13.1. The summed E-state index contributed by atoms with van der Waals surface area (Å²) in [4.78, 5) is 0. The molecule has 1 aromatic heterocycles. The highest BCUT2D eigenvalue weighted by Gasteiger charge is 2.41. The number of rotatable bonds is 4. The molecule has 0 bridgehead atoms. The largest absolute Gasteiger partial charge is 0.468 e. The van der Waals surface area contributed by atoms with Crippen LogP contribution in [0.1, 0.15) is 37.5 Å². The van der Waals surface area contributed by atoms with Crippen LogP contribution in [0.5, 0.6) is 0 Å². The molecule has 0 amide bonds. The summed E-state index contributed by atoms with van der Waals surface area (Å²) in [6, 6.07) is 3.49. The van der Waals surface area contributed by atoms with Crippen molar-refractivity contribution in [1.82, 2.24) is 8.61 Å². The lowest BCUT2D eigenvalue weighted by Gasteiger charge is -2.35. The van der Waals surface area contributed by atoms with Gasteiger partial charge in [-0.15, -0.1) is 0 Å². The van der Waals surface area contributed by atoms with E-state index in [2.05, 4.69) is 0 Å². The Balaban J connectivity index is 1.80. The quantitative estimate of drug-likeness (QED) is 0.850. The first-order valence-corrected chi connectivity index (χ1v) is 8.85. The molecular formula is C14H22N2O4S. The van der Waals surface area contributed by atoms with Gasteiger partial charge in [0.15, 0.2) is 0 Å². The Morgan fingerprint density at radius 1 is 1.29 bits per heavy atom. The van der Waals surface area contributed by atoms with E-state index < -0.39 is 10.2 Å². The molecule has 3 heterocycles. The Hall–Kier alpha value is -0.890. The van der Waals surface area contributed by atoms with Gasteiger partial charge in [-0.3, -0.25) is 0 Å². The van der Waals surface area contributed by atoms with Gasteiger partial charge < -0.3 is 9.15 Å². The molecular weight excluding hydrogens is 292 g/mol. The predicted octanol–water partition coefficient (Wildman–Crippen LogP) is 1.77. The first-order chi connectivity index (χ1) is 10.1. The average Bonchev–Trinajstić information content (AvgIpc) is 3.17. The van der Waals surface area contributed by atoms with Crippen molar-refractivity contribution in [3.05, 3.63) is 24.2 Å². The number of hydrogen-bond donors (Lipinski definition) is 0. The summed E-state index contributed by atoms with van der Waals surface area (Å²) >= 11 is 0. The summed E-state index contributed by atoms with van der Waals surface area (Å²) in [5, 5.41) is 0. The lowest BCUT2D eigenvalue weighted by molar-refractivity contribution is 0.0550. The van der Waals surface area contributed by atoms with E-state index >= 15 is 0 Å². The summed E-state index contributed by atoms with van der Waals surface area (Å²) in [6.45, 7) is 1.58. The molecule has 0 unspecified atom stereocenters. The molecule has 2 fully saturated rings. The lowest BCUT2D eigenvalue weighted by atomic mass is 10.1. The van der Waals surface area contributed by atoms with E-state index in [0.717, 1.165) is 31.4 Å². The maximum atomic E-state index is 12.9. The molecule has 2 aliphatic rings. The van der Waals surface area contributed by atoms with Crippen molar-refractivity contribution in [3.8, 4) is 0 Å². The average molecular weight is 314 g/mol. The molecule has 0 saturated carbocycles. The number of methoxy groups -OCH3 is 1. The van der Waals surface area contributed by atoms with E-state index in [9.17, 15) is 8.42 Å². The third-order valence-electron chi connectivity index (χ3n) is 4.37. The molecule has 0 aromatic carbocycles. The summed E-state index contributed by atoms with van der Waals surface area (Å²) in [5.41, 5.74) is 0. The van der Waals surface area contributed by atoms with E-state index in [1.165, 1.54) is 0 Å². The minimum Gasteiger partial charge on any atom is -0.468 e. The van der Waals surface area contributed by atoms with E-state index in [4.69, 9.17) is 9.15 Å². The fourth-order valence-electron chi connectivity index (χ4n) is 3.24. The molecule has 0 spiro atoms. The summed E-state index contributed by atoms with van der Waals surface area (Å²) < 4.78 is 39.7. The Labute approximate surface area is 125 Å². The van der Waals surface area contributed by atoms with Crippen molar-refractivity contribution in [1.29, 1.82) is 0 Å². The van der Waals surface area contributed by atoms with E-state index in [0.29, 0.717) is 19.6 Å². The smallest absolute Gasteiger partial charge is 0.282 e. The lowest BCUT2D eigenvalue weighted by Crippen LogP contribution is -2.49. The van der Waals surface area contributed by atoms with Crippen molar-refractivity contribution >= 4 is 10.2 Å². The van der Waals surface area contributed by atoms with Crippen LogP contribution in [0.25, 0.3) is 0 Å². The number of ether oxygens (including phenoxy) is 1. The molecule has 0 radical (unpaired) electrons. The van der Waals surface area contributed by atoms with Crippen molar-refractivity contribution in [2.75, 3.05) is 26.7 Å². The van der Waals surface area contributed by atoms with Gasteiger partial charge in [-0.2, -0.15) is 17.0 Å². The van der Waals surface area contributed by atoms with Crippen LogP contribution in [0.4, 0.5) is 0 Å². The molecule has 2 saturated heterocycles. The van der Waals surface area contributed by atoms with Gasteiger partial charge >= 0.3 is 0 Å². The molecule has 7 heteroatoms. The number of hydrogen-bond acceptors (Lipinski definition) is 4. The second-order valence-electron chi connectivity index (χ2n) is 5.65. The van der Waals surface area contributed by atoms with Gasteiger partial charge in [-0.05, 0) is 37.8 Å². The molecule has 1 aromatic rings. The maximum absolute atomic E-state index is 12.9. The second kappa shape index (κ2) is 6.08. The SMILES string of the molecule is CO[C@H]1CCCN(S(=O)(=O)N2CCC[C@H]2c2ccco2)C1. The summed E-state index contributed by atoms with van der Waals surface area (Å²) in [5.74, 6) is 0.733. The van der Waals surface area contributed by atoms with Crippen LogP contribution < -0.4 is 0 Å². The first kappa shape index (κ1) is 15.0. The van der Waals surface area contributed by atoms with Crippen molar-refractivity contribution in [2.45, 2.75) is 37.8 Å². The monoisotopic (exact) mass is 314 g/mol. The maximum Gasteiger partial charge on any atom is 0.282 e. The van der Waals surface area contributed by atoms with Gasteiger partial charge in [0.05, 0.1) is 18.4 Å². The zero-order valence-electron chi connectivity index (χ0n) is 12.3. The van der Waals surface area contributed by atoms with Gasteiger partial charge in [0, 0.05) is 26.7 Å². The van der Waals surface area contributed by atoms with Crippen LogP contribution in [0.2, 0.25) is 0 Å². The standard InChI is InChI=1S/C14H22N2O4S/c1-19-12-5-2-8-15(11-12)21(17,18)16-9-3-6-13(16)14-7-4-10-20-14/h4,7,10,12-13H,2-3,5-6,8-9,11H2,1H3/t12-,13-/m0/s1. The van der Waals surface area contributed by atoms with Crippen LogP contribution >= 0.6 is 0 Å². The fraction of sp³-hybridized carbons (Fsp3) is 0.714. The molecule has 6 nitrogen and oxygen atoms in total.